The maximum absolute atomic E-state index is 11.6. The van der Waals surface area contributed by atoms with Gasteiger partial charge in [-0.2, -0.15) is 0 Å². The summed E-state index contributed by atoms with van der Waals surface area (Å²) >= 11 is 0. The second-order valence-corrected chi connectivity index (χ2v) is 3.18. The molecule has 1 rings (SSSR count). The van der Waals surface area contributed by atoms with Crippen molar-refractivity contribution in [2.75, 3.05) is 26.8 Å². The first-order valence-electron chi connectivity index (χ1n) is 4.72. The zero-order valence-electron chi connectivity index (χ0n) is 8.59. The summed E-state index contributed by atoms with van der Waals surface area (Å²) in [5.74, 6) is 5.45. The number of ether oxygens (including phenoxy) is 1. The highest BCUT2D eigenvalue weighted by molar-refractivity contribution is 5.80. The Morgan fingerprint density at radius 3 is 3.00 bits per heavy atom. The first-order chi connectivity index (χ1) is 6.79. The maximum Gasteiger partial charge on any atom is 0.227 e. The van der Waals surface area contributed by atoms with Gasteiger partial charge in [0.15, 0.2) is 0 Å². The zero-order chi connectivity index (χ0) is 10.4. The van der Waals surface area contributed by atoms with Crippen molar-refractivity contribution in [2.45, 2.75) is 13.0 Å². The molecular formula is C10H16N2O2. The predicted octanol–water partition coefficient (Wildman–Crippen LogP) is -0.640. The van der Waals surface area contributed by atoms with Gasteiger partial charge in [0.05, 0.1) is 25.7 Å². The van der Waals surface area contributed by atoms with E-state index in [0.29, 0.717) is 19.8 Å². The molecule has 1 amide bonds. The molecule has 0 saturated carbocycles. The lowest BCUT2D eigenvalue weighted by Gasteiger charge is -2.15. The van der Waals surface area contributed by atoms with Crippen molar-refractivity contribution in [3.63, 3.8) is 0 Å². The van der Waals surface area contributed by atoms with Crippen molar-refractivity contribution in [3.8, 4) is 11.8 Å². The molecule has 0 radical (unpaired) electrons. The highest BCUT2D eigenvalue weighted by atomic mass is 16.5. The third-order valence-electron chi connectivity index (χ3n) is 2.32. The largest absolute Gasteiger partial charge is 0.379 e. The summed E-state index contributed by atoms with van der Waals surface area (Å²) < 4.78 is 5.23. The summed E-state index contributed by atoms with van der Waals surface area (Å²) in [5.41, 5.74) is 0. The molecule has 4 nitrogen and oxygen atoms in total. The van der Waals surface area contributed by atoms with Gasteiger partial charge in [-0.3, -0.25) is 4.79 Å². The molecule has 4 heteroatoms. The Morgan fingerprint density at radius 1 is 1.57 bits per heavy atom. The molecule has 2 N–H and O–H groups in total. The lowest BCUT2D eigenvalue weighted by Crippen LogP contribution is -2.42. The fourth-order valence-corrected chi connectivity index (χ4v) is 1.45. The molecule has 1 heterocycles. The van der Waals surface area contributed by atoms with Crippen LogP contribution in [0.25, 0.3) is 0 Å². The summed E-state index contributed by atoms with van der Waals surface area (Å²) in [6.07, 6.45) is 0. The minimum Gasteiger partial charge on any atom is -0.379 e. The van der Waals surface area contributed by atoms with Crippen LogP contribution in [0.1, 0.15) is 6.92 Å². The van der Waals surface area contributed by atoms with Crippen LogP contribution in [0.2, 0.25) is 0 Å². The van der Waals surface area contributed by atoms with E-state index in [1.54, 1.807) is 6.92 Å². The first kappa shape index (κ1) is 11.0. The molecular weight excluding hydrogens is 180 g/mol. The van der Waals surface area contributed by atoms with E-state index in [1.165, 1.54) is 0 Å². The molecule has 1 fully saturated rings. The Hall–Kier alpha value is -1.05. The van der Waals surface area contributed by atoms with E-state index in [1.807, 2.05) is 7.05 Å². The SMILES string of the molecule is CC#CCNC(=O)C1COCC1NC. The standard InChI is InChI=1S/C10H16N2O2/c1-3-4-5-12-10(13)8-6-14-7-9(8)11-2/h8-9,11H,5-7H2,1-2H3,(H,12,13). The lowest BCUT2D eigenvalue weighted by atomic mass is 10.0. The van der Waals surface area contributed by atoms with Gasteiger partial charge in [-0.15, -0.1) is 5.92 Å². The second kappa shape index (κ2) is 5.63. The molecule has 2 unspecified atom stereocenters. The van der Waals surface area contributed by atoms with Gasteiger partial charge in [-0.25, -0.2) is 0 Å². The highest BCUT2D eigenvalue weighted by Gasteiger charge is 2.32. The van der Waals surface area contributed by atoms with Crippen LogP contribution in [-0.4, -0.2) is 38.8 Å². The lowest BCUT2D eigenvalue weighted by molar-refractivity contribution is -0.125. The molecule has 78 valence electrons. The molecule has 1 aliphatic heterocycles. The van der Waals surface area contributed by atoms with Crippen LogP contribution in [0, 0.1) is 17.8 Å². The van der Waals surface area contributed by atoms with Crippen molar-refractivity contribution < 1.29 is 9.53 Å². The summed E-state index contributed by atoms with van der Waals surface area (Å²) in [6.45, 7) is 3.27. The second-order valence-electron chi connectivity index (χ2n) is 3.18. The van der Waals surface area contributed by atoms with Crippen LogP contribution in [0.3, 0.4) is 0 Å². The normalized spacial score (nSPS) is 25.3. The van der Waals surface area contributed by atoms with Crippen LogP contribution < -0.4 is 10.6 Å². The van der Waals surface area contributed by atoms with Crippen LogP contribution in [0.5, 0.6) is 0 Å². The van der Waals surface area contributed by atoms with Gasteiger partial charge in [0.1, 0.15) is 0 Å². The number of likely N-dealkylation sites (N-methyl/N-ethyl adjacent to an activating group) is 1. The Morgan fingerprint density at radius 2 is 2.36 bits per heavy atom. The van der Waals surface area contributed by atoms with Crippen molar-refractivity contribution in [1.82, 2.24) is 10.6 Å². The molecule has 2 atom stereocenters. The molecule has 1 aliphatic rings. The minimum absolute atomic E-state index is 0.0181. The Bertz CT molecular complexity index is 255. The van der Waals surface area contributed by atoms with E-state index < -0.39 is 0 Å². The van der Waals surface area contributed by atoms with Crippen LogP contribution in [0.15, 0.2) is 0 Å². The number of hydrogen-bond acceptors (Lipinski definition) is 3. The minimum atomic E-state index is -0.0846. The van der Waals surface area contributed by atoms with Gasteiger partial charge in [0.25, 0.3) is 0 Å². The van der Waals surface area contributed by atoms with Gasteiger partial charge >= 0.3 is 0 Å². The van der Waals surface area contributed by atoms with Gasteiger partial charge in [-0.1, -0.05) is 5.92 Å². The van der Waals surface area contributed by atoms with Crippen LogP contribution in [-0.2, 0) is 9.53 Å². The number of amides is 1. The van der Waals surface area contributed by atoms with E-state index in [4.69, 9.17) is 4.74 Å². The zero-order valence-corrected chi connectivity index (χ0v) is 8.59. The molecule has 0 aromatic heterocycles. The van der Waals surface area contributed by atoms with E-state index in [0.717, 1.165) is 0 Å². The van der Waals surface area contributed by atoms with Crippen LogP contribution in [0.4, 0.5) is 0 Å². The number of nitrogens with one attached hydrogen (secondary N) is 2. The molecule has 1 saturated heterocycles. The summed E-state index contributed by atoms with van der Waals surface area (Å²) in [4.78, 5) is 11.6. The van der Waals surface area contributed by atoms with Crippen LogP contribution >= 0.6 is 0 Å². The Balaban J connectivity index is 2.38. The maximum atomic E-state index is 11.6. The molecule has 0 spiro atoms. The number of rotatable bonds is 3. The highest BCUT2D eigenvalue weighted by Crippen LogP contribution is 2.12. The average Bonchev–Trinajstić information content (AvgIpc) is 2.65. The first-order valence-corrected chi connectivity index (χ1v) is 4.72. The van der Waals surface area contributed by atoms with Gasteiger partial charge in [0, 0.05) is 6.04 Å². The quantitative estimate of drug-likeness (QED) is 0.590. The monoisotopic (exact) mass is 196 g/mol. The smallest absolute Gasteiger partial charge is 0.227 e. The van der Waals surface area contributed by atoms with E-state index >= 15 is 0 Å². The van der Waals surface area contributed by atoms with Gasteiger partial charge < -0.3 is 15.4 Å². The average molecular weight is 196 g/mol. The van der Waals surface area contributed by atoms with Crippen molar-refractivity contribution >= 4 is 5.91 Å². The molecule has 14 heavy (non-hydrogen) atoms. The van der Waals surface area contributed by atoms with Gasteiger partial charge in [0.2, 0.25) is 5.91 Å². The summed E-state index contributed by atoms with van der Waals surface area (Å²) in [6, 6.07) is 0.129. The topological polar surface area (TPSA) is 50.4 Å². The summed E-state index contributed by atoms with van der Waals surface area (Å²) in [5, 5.41) is 5.82. The van der Waals surface area contributed by atoms with E-state index in [-0.39, 0.29) is 17.9 Å². The number of hydrogen-bond donors (Lipinski definition) is 2. The van der Waals surface area contributed by atoms with Crippen molar-refractivity contribution in [3.05, 3.63) is 0 Å². The number of carbonyl (C=O) groups is 1. The third-order valence-corrected chi connectivity index (χ3v) is 2.32. The molecule has 0 bridgehead atoms. The Labute approximate surface area is 84.4 Å². The van der Waals surface area contributed by atoms with Crippen molar-refractivity contribution in [1.29, 1.82) is 0 Å². The van der Waals surface area contributed by atoms with Gasteiger partial charge in [-0.05, 0) is 14.0 Å². The fourth-order valence-electron chi connectivity index (χ4n) is 1.45. The summed E-state index contributed by atoms with van der Waals surface area (Å²) in [7, 11) is 1.84. The molecule has 0 aromatic rings. The Kier molecular flexibility index (Phi) is 4.44. The predicted molar refractivity (Wildman–Crippen MR) is 53.6 cm³/mol. The molecule has 0 aromatic carbocycles. The van der Waals surface area contributed by atoms with E-state index in [2.05, 4.69) is 22.5 Å². The van der Waals surface area contributed by atoms with Crippen molar-refractivity contribution in [2.24, 2.45) is 5.92 Å². The third kappa shape index (κ3) is 2.72. The fraction of sp³-hybridized carbons (Fsp3) is 0.700. The molecule has 0 aliphatic carbocycles. The van der Waals surface area contributed by atoms with E-state index in [9.17, 15) is 4.79 Å². The number of carbonyl (C=O) groups excluding carboxylic acids is 1.